The predicted octanol–water partition coefficient (Wildman–Crippen LogP) is 7.17. The third-order valence-corrected chi connectivity index (χ3v) is 5.90. The van der Waals surface area contributed by atoms with Gasteiger partial charge in [-0.15, -0.1) is 0 Å². The molecule has 2 aromatic heterocycles. The topological polar surface area (TPSA) is 43.8 Å². The highest BCUT2D eigenvalue weighted by Gasteiger charge is 2.15. The monoisotopic (exact) mass is 435 g/mol. The summed E-state index contributed by atoms with van der Waals surface area (Å²) in [5.74, 6) is 0.516. The molecule has 0 radical (unpaired) electrons. The summed E-state index contributed by atoms with van der Waals surface area (Å²) in [6.07, 6.45) is 0. The van der Waals surface area contributed by atoms with Gasteiger partial charge in [0.2, 0.25) is 0 Å². The van der Waals surface area contributed by atoms with Gasteiger partial charge in [0.15, 0.2) is 0 Å². The van der Waals surface area contributed by atoms with Crippen molar-refractivity contribution in [3.05, 3.63) is 120 Å². The van der Waals surface area contributed by atoms with Crippen LogP contribution in [0.2, 0.25) is 5.02 Å². The highest BCUT2D eigenvalue weighted by molar-refractivity contribution is 6.33. The SMILES string of the molecule is Nc1cccc(Cn2c(-c3ccc(-c4ccccc4)cc3)ccc2-c2ccccc2Cl)n1. The van der Waals surface area contributed by atoms with Crippen molar-refractivity contribution < 1.29 is 0 Å². The maximum absolute atomic E-state index is 6.55. The lowest BCUT2D eigenvalue weighted by molar-refractivity contribution is 0.797. The molecule has 0 aliphatic heterocycles. The molecule has 0 aliphatic rings. The summed E-state index contributed by atoms with van der Waals surface area (Å²) in [6, 6.07) is 37.0. The van der Waals surface area contributed by atoms with E-state index in [4.69, 9.17) is 17.3 Å². The Kier molecular flexibility index (Phi) is 5.49. The first-order valence-electron chi connectivity index (χ1n) is 10.5. The minimum atomic E-state index is 0.516. The molecule has 5 rings (SSSR count). The Morgan fingerprint density at radius 1 is 0.625 bits per heavy atom. The number of aromatic nitrogens is 2. The van der Waals surface area contributed by atoms with Crippen molar-refractivity contribution in [2.45, 2.75) is 6.54 Å². The van der Waals surface area contributed by atoms with Crippen molar-refractivity contribution in [3.8, 4) is 33.6 Å². The summed E-state index contributed by atoms with van der Waals surface area (Å²) < 4.78 is 2.25. The van der Waals surface area contributed by atoms with E-state index in [9.17, 15) is 0 Å². The van der Waals surface area contributed by atoms with Gasteiger partial charge in [-0.25, -0.2) is 4.98 Å². The summed E-state index contributed by atoms with van der Waals surface area (Å²) >= 11 is 6.55. The molecule has 2 heterocycles. The van der Waals surface area contributed by atoms with Crippen molar-refractivity contribution in [3.63, 3.8) is 0 Å². The third kappa shape index (κ3) is 4.03. The highest BCUT2D eigenvalue weighted by Crippen LogP contribution is 2.34. The Bertz CT molecular complexity index is 1360. The third-order valence-electron chi connectivity index (χ3n) is 5.57. The first kappa shape index (κ1) is 20.1. The number of nitrogens with two attached hydrogens (primary N) is 1. The van der Waals surface area contributed by atoms with E-state index < -0.39 is 0 Å². The van der Waals surface area contributed by atoms with Crippen LogP contribution in [0.25, 0.3) is 33.6 Å². The summed E-state index contributed by atoms with van der Waals surface area (Å²) in [7, 11) is 0. The van der Waals surface area contributed by atoms with Crippen LogP contribution in [0.3, 0.4) is 0 Å². The molecule has 3 aromatic carbocycles. The molecule has 0 bridgehead atoms. The maximum Gasteiger partial charge on any atom is 0.123 e. The van der Waals surface area contributed by atoms with Gasteiger partial charge in [-0.1, -0.05) is 90.5 Å². The Labute approximate surface area is 192 Å². The fourth-order valence-electron chi connectivity index (χ4n) is 4.01. The van der Waals surface area contributed by atoms with E-state index in [1.165, 1.54) is 11.1 Å². The molecule has 0 atom stereocenters. The van der Waals surface area contributed by atoms with Crippen LogP contribution in [-0.4, -0.2) is 9.55 Å². The van der Waals surface area contributed by atoms with Crippen LogP contribution < -0.4 is 5.73 Å². The van der Waals surface area contributed by atoms with Crippen molar-refractivity contribution in [2.75, 3.05) is 5.73 Å². The van der Waals surface area contributed by atoms with E-state index in [1.807, 2.05) is 42.5 Å². The lowest BCUT2D eigenvalue weighted by atomic mass is 10.0. The normalized spacial score (nSPS) is 10.9. The van der Waals surface area contributed by atoms with Crippen molar-refractivity contribution in [1.29, 1.82) is 0 Å². The van der Waals surface area contributed by atoms with Gasteiger partial charge in [-0.2, -0.15) is 0 Å². The Balaban J connectivity index is 1.60. The molecule has 156 valence electrons. The molecule has 32 heavy (non-hydrogen) atoms. The zero-order valence-electron chi connectivity index (χ0n) is 17.4. The molecule has 0 fully saturated rings. The molecule has 2 N–H and O–H groups in total. The zero-order chi connectivity index (χ0) is 21.9. The van der Waals surface area contributed by atoms with Crippen LogP contribution in [0, 0.1) is 0 Å². The van der Waals surface area contributed by atoms with Crippen LogP contribution in [-0.2, 0) is 6.54 Å². The number of pyridine rings is 1. The molecule has 0 amide bonds. The summed E-state index contributed by atoms with van der Waals surface area (Å²) in [5.41, 5.74) is 13.5. The molecule has 0 saturated heterocycles. The largest absolute Gasteiger partial charge is 0.384 e. The van der Waals surface area contributed by atoms with Crippen LogP contribution in [0.4, 0.5) is 5.82 Å². The molecule has 0 spiro atoms. The molecule has 0 aliphatic carbocycles. The van der Waals surface area contributed by atoms with Crippen LogP contribution in [0.15, 0.2) is 109 Å². The van der Waals surface area contributed by atoms with Gasteiger partial charge in [0.05, 0.1) is 17.9 Å². The number of rotatable bonds is 5. The number of benzene rings is 3. The predicted molar refractivity (Wildman–Crippen MR) is 134 cm³/mol. The van der Waals surface area contributed by atoms with Gasteiger partial charge < -0.3 is 10.3 Å². The second-order valence-corrected chi connectivity index (χ2v) is 8.07. The first-order chi connectivity index (χ1) is 15.7. The molecule has 4 heteroatoms. The molecular weight excluding hydrogens is 414 g/mol. The van der Waals surface area contributed by atoms with Gasteiger partial charge >= 0.3 is 0 Å². The van der Waals surface area contributed by atoms with E-state index in [-0.39, 0.29) is 0 Å². The van der Waals surface area contributed by atoms with Crippen LogP contribution in [0.5, 0.6) is 0 Å². The first-order valence-corrected chi connectivity index (χ1v) is 10.9. The van der Waals surface area contributed by atoms with Crippen LogP contribution in [0.1, 0.15) is 5.69 Å². The van der Waals surface area contributed by atoms with E-state index >= 15 is 0 Å². The van der Waals surface area contributed by atoms with Gasteiger partial charge in [0, 0.05) is 16.3 Å². The Morgan fingerprint density at radius 3 is 2.03 bits per heavy atom. The number of halogens is 1. The lowest BCUT2D eigenvalue weighted by Crippen LogP contribution is -2.06. The van der Waals surface area contributed by atoms with E-state index in [1.54, 1.807) is 6.07 Å². The fraction of sp³-hybridized carbons (Fsp3) is 0.0357. The van der Waals surface area contributed by atoms with E-state index in [0.29, 0.717) is 12.4 Å². The average Bonchev–Trinajstić information content (AvgIpc) is 3.23. The summed E-state index contributed by atoms with van der Waals surface area (Å²) in [5, 5.41) is 0.721. The quantitative estimate of drug-likeness (QED) is 0.318. The van der Waals surface area contributed by atoms with Gasteiger partial charge in [-0.3, -0.25) is 0 Å². The summed E-state index contributed by atoms with van der Waals surface area (Å²) in [6.45, 7) is 0.592. The fourth-order valence-corrected chi connectivity index (χ4v) is 4.24. The Hall–Kier alpha value is -3.82. The number of anilines is 1. The van der Waals surface area contributed by atoms with Crippen LogP contribution >= 0.6 is 11.6 Å². The number of nitrogen functional groups attached to an aromatic ring is 1. The second-order valence-electron chi connectivity index (χ2n) is 7.67. The molecule has 3 nitrogen and oxygen atoms in total. The highest BCUT2D eigenvalue weighted by atomic mass is 35.5. The molecule has 0 unspecified atom stereocenters. The minimum absolute atomic E-state index is 0.516. The maximum atomic E-state index is 6.55. The van der Waals surface area contributed by atoms with Gasteiger partial charge in [-0.05, 0) is 47.0 Å². The molecule has 0 saturated carbocycles. The average molecular weight is 436 g/mol. The van der Waals surface area contributed by atoms with E-state index in [0.717, 1.165) is 33.2 Å². The van der Waals surface area contributed by atoms with Crippen molar-refractivity contribution in [2.24, 2.45) is 0 Å². The van der Waals surface area contributed by atoms with E-state index in [2.05, 4.69) is 70.2 Å². The smallest absolute Gasteiger partial charge is 0.123 e. The van der Waals surface area contributed by atoms with Gasteiger partial charge in [0.25, 0.3) is 0 Å². The zero-order valence-corrected chi connectivity index (χ0v) is 18.2. The van der Waals surface area contributed by atoms with Crippen molar-refractivity contribution in [1.82, 2.24) is 9.55 Å². The van der Waals surface area contributed by atoms with Gasteiger partial charge in [0.1, 0.15) is 5.82 Å². The number of hydrogen-bond acceptors (Lipinski definition) is 2. The number of nitrogens with zero attached hydrogens (tertiary/aromatic N) is 2. The second kappa shape index (κ2) is 8.74. The standard InChI is InChI=1S/C28H22ClN3/c29-25-11-5-4-10-24(25)27-18-17-26(32(27)19-23-9-6-12-28(30)31-23)22-15-13-21(14-16-22)20-7-2-1-3-8-20/h1-18H,19H2,(H2,30,31). The lowest BCUT2D eigenvalue weighted by Gasteiger charge is -2.15. The minimum Gasteiger partial charge on any atom is -0.384 e. The van der Waals surface area contributed by atoms with Crippen molar-refractivity contribution >= 4 is 17.4 Å². The summed E-state index contributed by atoms with van der Waals surface area (Å²) in [4.78, 5) is 4.52. The molecular formula is C28H22ClN3. The Morgan fingerprint density at radius 2 is 1.28 bits per heavy atom. The number of hydrogen-bond donors (Lipinski definition) is 1. The molecule has 5 aromatic rings.